The first-order valence-corrected chi connectivity index (χ1v) is 19.0. The number of amides is 1. The van der Waals surface area contributed by atoms with E-state index in [1.807, 2.05) is 85.2 Å². The van der Waals surface area contributed by atoms with Crippen molar-refractivity contribution in [2.24, 2.45) is 17.6 Å². The van der Waals surface area contributed by atoms with Crippen LogP contribution in [0.5, 0.6) is 5.75 Å². The maximum atomic E-state index is 14.0. The summed E-state index contributed by atoms with van der Waals surface area (Å²) < 4.78 is 5.91. The summed E-state index contributed by atoms with van der Waals surface area (Å²) in [6, 6.07) is 22.8. The second-order valence-corrected chi connectivity index (χ2v) is 15.3. The lowest BCUT2D eigenvalue weighted by Crippen LogP contribution is -2.53. The molecule has 5 rings (SSSR count). The maximum absolute atomic E-state index is 14.0. The van der Waals surface area contributed by atoms with Gasteiger partial charge in [-0.15, -0.1) is 0 Å². The SMILES string of the molecule is CCCCCCCOc1ccc(-c2cnc(-c3ccc(C[C@H](CC(=O)c4ccc(C(C)(C)C)cc4)C(=O)N4CC[C@H](N)[C@@H](C(=O)O)C4)cc3)nc2)cc1. The van der Waals surface area contributed by atoms with Crippen molar-refractivity contribution in [3.8, 4) is 28.3 Å². The van der Waals surface area contributed by atoms with Gasteiger partial charge in [0.25, 0.3) is 0 Å². The highest BCUT2D eigenvalue weighted by molar-refractivity contribution is 5.98. The second-order valence-electron chi connectivity index (χ2n) is 15.3. The van der Waals surface area contributed by atoms with Gasteiger partial charge in [-0.1, -0.05) is 114 Å². The van der Waals surface area contributed by atoms with Crippen molar-refractivity contribution in [2.75, 3.05) is 19.7 Å². The molecular formula is C44H54N4O5. The number of ketones is 1. The Labute approximate surface area is 314 Å². The Balaban J connectivity index is 1.25. The molecule has 3 aromatic carbocycles. The Kier molecular flexibility index (Phi) is 13.5. The molecule has 1 aliphatic rings. The molecule has 2 heterocycles. The van der Waals surface area contributed by atoms with Gasteiger partial charge in [-0.3, -0.25) is 14.4 Å². The number of likely N-dealkylation sites (tertiary alicyclic amines) is 1. The summed E-state index contributed by atoms with van der Waals surface area (Å²) in [6.45, 7) is 9.68. The molecule has 0 unspecified atom stereocenters. The van der Waals surface area contributed by atoms with Crippen LogP contribution in [0.3, 0.4) is 0 Å². The first-order valence-electron chi connectivity index (χ1n) is 19.0. The zero-order valence-electron chi connectivity index (χ0n) is 31.6. The van der Waals surface area contributed by atoms with Gasteiger partial charge in [0, 0.05) is 60.6 Å². The van der Waals surface area contributed by atoms with E-state index in [2.05, 4.69) is 37.7 Å². The number of aromatic nitrogens is 2. The number of carboxylic acid groups (broad SMARTS) is 1. The van der Waals surface area contributed by atoms with Crippen LogP contribution in [-0.4, -0.2) is 63.4 Å². The van der Waals surface area contributed by atoms with Crippen LogP contribution in [0.25, 0.3) is 22.5 Å². The van der Waals surface area contributed by atoms with E-state index < -0.39 is 23.8 Å². The number of rotatable bonds is 16. The van der Waals surface area contributed by atoms with Crippen LogP contribution in [0.15, 0.2) is 85.2 Å². The fraction of sp³-hybridized carbons (Fsp3) is 0.432. The highest BCUT2D eigenvalue weighted by atomic mass is 16.5. The molecule has 0 saturated carbocycles. The average Bonchev–Trinajstić information content (AvgIpc) is 3.16. The number of nitrogens with zero attached hydrogens (tertiary/aromatic N) is 3. The van der Waals surface area contributed by atoms with Crippen LogP contribution >= 0.6 is 0 Å². The Hall–Kier alpha value is -4.89. The second kappa shape index (κ2) is 18.2. The maximum Gasteiger partial charge on any atom is 0.309 e. The van der Waals surface area contributed by atoms with E-state index in [1.54, 1.807) is 4.90 Å². The molecule has 9 nitrogen and oxygen atoms in total. The fourth-order valence-corrected chi connectivity index (χ4v) is 6.77. The van der Waals surface area contributed by atoms with E-state index in [-0.39, 0.29) is 30.1 Å². The molecule has 1 aromatic heterocycles. The van der Waals surface area contributed by atoms with E-state index in [0.717, 1.165) is 46.6 Å². The molecule has 0 aliphatic carbocycles. The largest absolute Gasteiger partial charge is 0.494 e. The van der Waals surface area contributed by atoms with Crippen molar-refractivity contribution in [3.05, 3.63) is 102 Å². The summed E-state index contributed by atoms with van der Waals surface area (Å²) in [5.74, 6) is -1.45. The number of unbranched alkanes of at least 4 members (excludes halogenated alkanes) is 4. The molecule has 0 spiro atoms. The summed E-state index contributed by atoms with van der Waals surface area (Å²) in [5.41, 5.74) is 11.3. The minimum atomic E-state index is -1.02. The number of hydrogen-bond donors (Lipinski definition) is 2. The molecule has 280 valence electrons. The number of nitrogens with two attached hydrogens (primary N) is 1. The van der Waals surface area contributed by atoms with Crippen LogP contribution in [-0.2, 0) is 21.4 Å². The zero-order valence-corrected chi connectivity index (χ0v) is 31.6. The highest BCUT2D eigenvalue weighted by Crippen LogP contribution is 2.27. The van der Waals surface area contributed by atoms with Gasteiger partial charge >= 0.3 is 5.97 Å². The number of carbonyl (C=O) groups excluding carboxylic acids is 2. The zero-order chi connectivity index (χ0) is 38.0. The quantitative estimate of drug-likeness (QED) is 0.0876. The molecular weight excluding hydrogens is 665 g/mol. The molecule has 0 bridgehead atoms. The molecule has 3 N–H and O–H groups in total. The first-order chi connectivity index (χ1) is 25.4. The Morgan fingerprint density at radius 3 is 2.13 bits per heavy atom. The van der Waals surface area contributed by atoms with Crippen LogP contribution in [0, 0.1) is 11.8 Å². The molecule has 1 saturated heterocycles. The van der Waals surface area contributed by atoms with Crippen molar-refractivity contribution in [2.45, 2.75) is 90.5 Å². The van der Waals surface area contributed by atoms with Gasteiger partial charge in [0.1, 0.15) is 5.75 Å². The van der Waals surface area contributed by atoms with Gasteiger partial charge < -0.3 is 20.5 Å². The van der Waals surface area contributed by atoms with E-state index in [4.69, 9.17) is 10.5 Å². The van der Waals surface area contributed by atoms with Gasteiger partial charge in [-0.2, -0.15) is 0 Å². The average molecular weight is 719 g/mol. The number of carboxylic acids is 1. The number of hydrogen-bond acceptors (Lipinski definition) is 7. The van der Waals surface area contributed by atoms with E-state index in [1.165, 1.54) is 25.7 Å². The van der Waals surface area contributed by atoms with E-state index in [9.17, 15) is 19.5 Å². The van der Waals surface area contributed by atoms with Crippen LogP contribution < -0.4 is 10.5 Å². The van der Waals surface area contributed by atoms with Crippen molar-refractivity contribution < 1.29 is 24.2 Å². The lowest BCUT2D eigenvalue weighted by atomic mass is 9.85. The predicted octanol–water partition coefficient (Wildman–Crippen LogP) is 8.15. The number of carbonyl (C=O) groups is 3. The topological polar surface area (TPSA) is 136 Å². The third-order valence-corrected chi connectivity index (χ3v) is 10.2. The molecule has 1 aliphatic heterocycles. The minimum absolute atomic E-state index is 0.00641. The first kappa shape index (κ1) is 39.3. The molecule has 1 fully saturated rings. The molecule has 53 heavy (non-hydrogen) atoms. The lowest BCUT2D eigenvalue weighted by molar-refractivity contribution is -0.147. The number of Topliss-reactive ketones (excluding diaryl/α,β-unsaturated/α-hetero) is 1. The van der Waals surface area contributed by atoms with Gasteiger partial charge in [-0.25, -0.2) is 9.97 Å². The lowest BCUT2D eigenvalue weighted by Gasteiger charge is -2.36. The summed E-state index contributed by atoms with van der Waals surface area (Å²) in [6.07, 6.45) is 10.4. The summed E-state index contributed by atoms with van der Waals surface area (Å²) in [4.78, 5) is 50.3. The van der Waals surface area contributed by atoms with Crippen molar-refractivity contribution in [1.82, 2.24) is 14.9 Å². The third kappa shape index (κ3) is 10.8. The predicted molar refractivity (Wildman–Crippen MR) is 209 cm³/mol. The Bertz CT molecular complexity index is 1800. The highest BCUT2D eigenvalue weighted by Gasteiger charge is 2.37. The normalized spacial score (nSPS) is 16.6. The summed E-state index contributed by atoms with van der Waals surface area (Å²) in [7, 11) is 0. The van der Waals surface area contributed by atoms with Crippen LogP contribution in [0.1, 0.15) is 94.1 Å². The van der Waals surface area contributed by atoms with Gasteiger partial charge in [0.05, 0.1) is 12.5 Å². The van der Waals surface area contributed by atoms with Crippen molar-refractivity contribution >= 4 is 17.7 Å². The molecule has 9 heteroatoms. The number of piperidine rings is 1. The standard InChI is InChI=1S/C44H54N4O5/c1-5-6-7-8-9-24-53-37-20-16-31(17-21-37)35-27-46-41(47-28-35)33-12-10-30(11-13-33)25-34(42(50)48-23-22-39(45)38(29-48)43(51)52)26-40(49)32-14-18-36(19-15-32)44(2,3)4/h10-21,27-28,34,38-39H,5-9,22-26,29,45H2,1-4H3,(H,51,52)/t34-,38+,39+/m1/s1. The Morgan fingerprint density at radius 1 is 0.868 bits per heavy atom. The van der Waals surface area contributed by atoms with Gasteiger partial charge in [0.15, 0.2) is 11.6 Å². The molecule has 4 aromatic rings. The molecule has 0 radical (unpaired) electrons. The molecule has 3 atom stereocenters. The minimum Gasteiger partial charge on any atom is -0.494 e. The fourth-order valence-electron chi connectivity index (χ4n) is 6.77. The van der Waals surface area contributed by atoms with Crippen molar-refractivity contribution in [1.29, 1.82) is 0 Å². The Morgan fingerprint density at radius 2 is 1.51 bits per heavy atom. The van der Waals surface area contributed by atoms with Gasteiger partial charge in [-0.05, 0) is 53.5 Å². The number of ether oxygens (including phenoxy) is 1. The third-order valence-electron chi connectivity index (χ3n) is 10.2. The number of aliphatic carboxylic acids is 1. The summed E-state index contributed by atoms with van der Waals surface area (Å²) >= 11 is 0. The van der Waals surface area contributed by atoms with Crippen molar-refractivity contribution in [3.63, 3.8) is 0 Å². The smallest absolute Gasteiger partial charge is 0.309 e. The van der Waals surface area contributed by atoms with E-state index in [0.29, 0.717) is 30.8 Å². The number of benzene rings is 3. The van der Waals surface area contributed by atoms with Gasteiger partial charge in [0.2, 0.25) is 5.91 Å². The monoisotopic (exact) mass is 718 g/mol. The van der Waals surface area contributed by atoms with Crippen LogP contribution in [0.2, 0.25) is 0 Å². The molecule has 1 amide bonds. The van der Waals surface area contributed by atoms with Crippen LogP contribution in [0.4, 0.5) is 0 Å². The summed E-state index contributed by atoms with van der Waals surface area (Å²) in [5, 5.41) is 9.72. The van der Waals surface area contributed by atoms with E-state index >= 15 is 0 Å².